The minimum atomic E-state index is -0.230. The molecule has 1 saturated heterocycles. The van der Waals surface area contributed by atoms with E-state index in [-0.39, 0.29) is 18.1 Å². The molecule has 0 aromatic heterocycles. The highest BCUT2D eigenvalue weighted by Crippen LogP contribution is 2.41. The third-order valence-electron chi connectivity index (χ3n) is 4.05. The van der Waals surface area contributed by atoms with Gasteiger partial charge in [-0.1, -0.05) is 29.8 Å². The number of hydrogen-bond acceptors (Lipinski definition) is 2. The average Bonchev–Trinajstić information content (AvgIpc) is 3.10. The van der Waals surface area contributed by atoms with Crippen molar-refractivity contribution in [1.82, 2.24) is 5.32 Å². The van der Waals surface area contributed by atoms with Crippen LogP contribution in [-0.4, -0.2) is 18.6 Å². The predicted molar refractivity (Wildman–Crippen MR) is 73.8 cm³/mol. The van der Waals surface area contributed by atoms with Gasteiger partial charge in [-0.2, -0.15) is 0 Å². The van der Waals surface area contributed by atoms with Gasteiger partial charge < -0.3 is 10.1 Å². The topological polar surface area (TPSA) is 38.3 Å². The second-order valence-electron chi connectivity index (χ2n) is 5.74. The van der Waals surface area contributed by atoms with Crippen molar-refractivity contribution < 1.29 is 9.53 Å². The normalized spacial score (nSPS) is 24.2. The molecule has 1 amide bonds. The predicted octanol–water partition coefficient (Wildman–Crippen LogP) is 2.74. The highest BCUT2D eigenvalue weighted by Gasteiger charge is 2.35. The van der Waals surface area contributed by atoms with Crippen LogP contribution in [0.2, 0.25) is 0 Å². The molecule has 102 valence electrons. The molecule has 0 radical (unpaired) electrons. The molecule has 1 aromatic rings. The molecule has 3 rings (SSSR count). The molecule has 1 aliphatic carbocycles. The van der Waals surface area contributed by atoms with Gasteiger partial charge in [-0.15, -0.1) is 0 Å². The summed E-state index contributed by atoms with van der Waals surface area (Å²) in [5.74, 6) is 0.669. The van der Waals surface area contributed by atoms with E-state index < -0.39 is 0 Å². The Labute approximate surface area is 114 Å². The number of hydrogen-bond donors (Lipinski definition) is 1. The summed E-state index contributed by atoms with van der Waals surface area (Å²) in [4.78, 5) is 12.2. The van der Waals surface area contributed by atoms with Crippen molar-refractivity contribution in [1.29, 1.82) is 0 Å². The Balaban J connectivity index is 1.70. The Morgan fingerprint density at radius 3 is 2.58 bits per heavy atom. The minimum Gasteiger partial charge on any atom is -0.368 e. The van der Waals surface area contributed by atoms with E-state index in [2.05, 4.69) is 36.5 Å². The lowest BCUT2D eigenvalue weighted by Gasteiger charge is -2.21. The highest BCUT2D eigenvalue weighted by molar-refractivity contribution is 5.81. The number of carbonyl (C=O) groups is 1. The van der Waals surface area contributed by atoms with Gasteiger partial charge >= 0.3 is 0 Å². The first kappa shape index (κ1) is 12.7. The number of benzene rings is 1. The Bertz CT molecular complexity index is 444. The van der Waals surface area contributed by atoms with E-state index in [1.807, 2.05) is 0 Å². The molecular weight excluding hydrogens is 238 g/mol. The van der Waals surface area contributed by atoms with E-state index in [1.165, 1.54) is 24.0 Å². The molecule has 0 spiro atoms. The summed E-state index contributed by atoms with van der Waals surface area (Å²) >= 11 is 0. The zero-order valence-corrected chi connectivity index (χ0v) is 11.4. The van der Waals surface area contributed by atoms with Crippen molar-refractivity contribution >= 4 is 5.91 Å². The second kappa shape index (κ2) is 5.33. The fraction of sp³-hybridized carbons (Fsp3) is 0.562. The lowest BCUT2D eigenvalue weighted by atomic mass is 10.0. The Hall–Kier alpha value is -1.35. The summed E-state index contributed by atoms with van der Waals surface area (Å²) in [7, 11) is 0. The van der Waals surface area contributed by atoms with E-state index in [4.69, 9.17) is 4.74 Å². The van der Waals surface area contributed by atoms with Crippen LogP contribution in [0.3, 0.4) is 0 Å². The molecule has 2 unspecified atom stereocenters. The summed E-state index contributed by atoms with van der Waals surface area (Å²) in [6, 6.07) is 8.66. The van der Waals surface area contributed by atoms with Crippen molar-refractivity contribution in [3.8, 4) is 0 Å². The molecule has 2 atom stereocenters. The third-order valence-corrected chi connectivity index (χ3v) is 4.05. The average molecular weight is 259 g/mol. The summed E-state index contributed by atoms with van der Waals surface area (Å²) in [5.41, 5.74) is 2.48. The Kier molecular flexibility index (Phi) is 3.56. The third kappa shape index (κ3) is 2.98. The van der Waals surface area contributed by atoms with Gasteiger partial charge in [0.2, 0.25) is 5.91 Å². The Morgan fingerprint density at radius 2 is 2.00 bits per heavy atom. The fourth-order valence-electron chi connectivity index (χ4n) is 2.71. The smallest absolute Gasteiger partial charge is 0.249 e. The van der Waals surface area contributed by atoms with Crippen LogP contribution in [0.25, 0.3) is 0 Å². The largest absolute Gasteiger partial charge is 0.368 e. The van der Waals surface area contributed by atoms with Crippen LogP contribution in [0.15, 0.2) is 24.3 Å². The summed E-state index contributed by atoms with van der Waals surface area (Å²) in [6.45, 7) is 2.80. The van der Waals surface area contributed by atoms with Gasteiger partial charge in [-0.3, -0.25) is 4.79 Å². The number of amides is 1. The molecule has 3 heteroatoms. The van der Waals surface area contributed by atoms with Crippen molar-refractivity contribution in [2.75, 3.05) is 6.61 Å². The van der Waals surface area contributed by atoms with E-state index in [9.17, 15) is 4.79 Å². The van der Waals surface area contributed by atoms with Gasteiger partial charge in [0.15, 0.2) is 0 Å². The summed E-state index contributed by atoms with van der Waals surface area (Å²) < 4.78 is 5.46. The van der Waals surface area contributed by atoms with Crippen LogP contribution in [0, 0.1) is 12.8 Å². The molecule has 1 heterocycles. The van der Waals surface area contributed by atoms with Gasteiger partial charge in [0.25, 0.3) is 0 Å². The van der Waals surface area contributed by atoms with Gasteiger partial charge in [-0.25, -0.2) is 0 Å². The monoisotopic (exact) mass is 259 g/mol. The standard InChI is InChI=1S/C16H21NO2/c1-11-4-6-12(7-5-11)15(13-8-9-13)17-16(18)14-3-2-10-19-14/h4-7,13-15H,2-3,8-10H2,1H3,(H,17,18). The molecular formula is C16H21NO2. The van der Waals surface area contributed by atoms with Crippen LogP contribution < -0.4 is 5.32 Å². The van der Waals surface area contributed by atoms with Crippen molar-refractivity contribution in [3.63, 3.8) is 0 Å². The number of ether oxygens (including phenoxy) is 1. The fourth-order valence-corrected chi connectivity index (χ4v) is 2.71. The lowest BCUT2D eigenvalue weighted by Crippen LogP contribution is -2.37. The quantitative estimate of drug-likeness (QED) is 0.903. The maximum atomic E-state index is 12.2. The molecule has 0 bridgehead atoms. The van der Waals surface area contributed by atoms with Crippen LogP contribution in [0.5, 0.6) is 0 Å². The van der Waals surface area contributed by atoms with Gasteiger partial charge in [0.1, 0.15) is 6.10 Å². The van der Waals surface area contributed by atoms with Crippen molar-refractivity contribution in [3.05, 3.63) is 35.4 Å². The van der Waals surface area contributed by atoms with E-state index in [0.29, 0.717) is 5.92 Å². The summed E-state index contributed by atoms with van der Waals surface area (Å²) in [5, 5.41) is 3.19. The van der Waals surface area contributed by atoms with Gasteiger partial charge in [0.05, 0.1) is 6.04 Å². The molecule has 1 saturated carbocycles. The van der Waals surface area contributed by atoms with E-state index in [0.717, 1.165) is 19.4 Å². The highest BCUT2D eigenvalue weighted by atomic mass is 16.5. The minimum absolute atomic E-state index is 0.0648. The molecule has 3 nitrogen and oxygen atoms in total. The molecule has 1 N–H and O–H groups in total. The lowest BCUT2D eigenvalue weighted by molar-refractivity contribution is -0.131. The Morgan fingerprint density at radius 1 is 1.26 bits per heavy atom. The number of carbonyl (C=O) groups excluding carboxylic acids is 1. The molecule has 19 heavy (non-hydrogen) atoms. The first-order valence-corrected chi connectivity index (χ1v) is 7.22. The van der Waals surface area contributed by atoms with Crippen molar-refractivity contribution in [2.24, 2.45) is 5.92 Å². The maximum Gasteiger partial charge on any atom is 0.249 e. The first-order valence-electron chi connectivity index (χ1n) is 7.22. The molecule has 1 aliphatic heterocycles. The zero-order chi connectivity index (χ0) is 13.2. The van der Waals surface area contributed by atoms with Gasteiger partial charge in [-0.05, 0) is 44.1 Å². The second-order valence-corrected chi connectivity index (χ2v) is 5.74. The number of rotatable bonds is 4. The number of aryl methyl sites for hydroxylation is 1. The van der Waals surface area contributed by atoms with Crippen LogP contribution in [-0.2, 0) is 9.53 Å². The van der Waals surface area contributed by atoms with Crippen LogP contribution in [0.1, 0.15) is 42.9 Å². The first-order chi connectivity index (χ1) is 9.24. The van der Waals surface area contributed by atoms with Crippen LogP contribution in [0.4, 0.5) is 0 Å². The molecule has 1 aromatic carbocycles. The van der Waals surface area contributed by atoms with Crippen LogP contribution >= 0.6 is 0 Å². The SMILES string of the molecule is Cc1ccc(C(NC(=O)C2CCCO2)C2CC2)cc1. The molecule has 2 fully saturated rings. The van der Waals surface area contributed by atoms with Crippen molar-refractivity contribution in [2.45, 2.75) is 44.8 Å². The van der Waals surface area contributed by atoms with E-state index in [1.54, 1.807) is 0 Å². The van der Waals surface area contributed by atoms with E-state index >= 15 is 0 Å². The number of nitrogens with one attached hydrogen (secondary N) is 1. The van der Waals surface area contributed by atoms with Gasteiger partial charge in [0, 0.05) is 6.61 Å². The summed E-state index contributed by atoms with van der Waals surface area (Å²) in [6.07, 6.45) is 4.05. The molecule has 2 aliphatic rings. The zero-order valence-electron chi connectivity index (χ0n) is 11.4. The maximum absolute atomic E-state index is 12.2.